The smallest absolute Gasteiger partial charge is 0.278 e. The molecule has 4 amide bonds. The van der Waals surface area contributed by atoms with Crippen molar-refractivity contribution in [2.45, 2.75) is 38.3 Å². The van der Waals surface area contributed by atoms with Crippen LogP contribution >= 0.6 is 0 Å². The molecule has 1 fully saturated rings. The molecule has 192 valence electrons. The van der Waals surface area contributed by atoms with E-state index in [1.165, 1.54) is 18.5 Å². The van der Waals surface area contributed by atoms with E-state index in [0.29, 0.717) is 25.0 Å². The van der Waals surface area contributed by atoms with Gasteiger partial charge in [0.25, 0.3) is 17.7 Å². The summed E-state index contributed by atoms with van der Waals surface area (Å²) < 4.78 is 21.0. The van der Waals surface area contributed by atoms with Crippen molar-refractivity contribution in [1.29, 1.82) is 0 Å². The normalized spacial score (nSPS) is 19.8. The Labute approximate surface area is 214 Å². The lowest BCUT2D eigenvalue weighted by Gasteiger charge is -2.29. The number of carbonyl (C=O) groups is 4. The maximum atomic E-state index is 15.3. The molecule has 38 heavy (non-hydrogen) atoms. The summed E-state index contributed by atoms with van der Waals surface area (Å²) in [4.78, 5) is 61.1. The average Bonchev–Trinajstić information content (AvgIpc) is 3.48. The SMILES string of the molecule is O=C1CCC(N2C(=O)C3=C(C2=O)N(Cc2nnc(-c4cccc(-c5ncccn5)c4F)o2)CCC3)C(=O)N1. The number of imide groups is 2. The van der Waals surface area contributed by atoms with Gasteiger partial charge in [-0.15, -0.1) is 10.2 Å². The number of amides is 4. The Balaban J connectivity index is 1.24. The van der Waals surface area contributed by atoms with Gasteiger partial charge in [-0.25, -0.2) is 14.4 Å². The van der Waals surface area contributed by atoms with Gasteiger partial charge in [-0.1, -0.05) is 6.07 Å². The minimum absolute atomic E-state index is 0.0111. The van der Waals surface area contributed by atoms with E-state index in [2.05, 4.69) is 25.5 Å². The molecule has 0 saturated carbocycles. The number of benzene rings is 1. The molecule has 1 unspecified atom stereocenters. The predicted octanol–water partition coefficient (Wildman–Crippen LogP) is 1.36. The minimum Gasteiger partial charge on any atom is -0.419 e. The largest absolute Gasteiger partial charge is 0.419 e. The van der Waals surface area contributed by atoms with E-state index < -0.39 is 35.5 Å². The molecule has 2 aromatic heterocycles. The van der Waals surface area contributed by atoms with E-state index in [4.69, 9.17) is 4.42 Å². The zero-order valence-corrected chi connectivity index (χ0v) is 19.9. The van der Waals surface area contributed by atoms with Gasteiger partial charge in [-0.2, -0.15) is 0 Å². The molecule has 3 aliphatic heterocycles. The molecule has 0 radical (unpaired) electrons. The van der Waals surface area contributed by atoms with Gasteiger partial charge in [0.15, 0.2) is 5.82 Å². The molecule has 1 saturated heterocycles. The first-order valence-corrected chi connectivity index (χ1v) is 12.0. The molecule has 0 bridgehead atoms. The fourth-order valence-electron chi connectivity index (χ4n) is 4.96. The predicted molar refractivity (Wildman–Crippen MR) is 125 cm³/mol. The second kappa shape index (κ2) is 9.25. The molecule has 1 aromatic carbocycles. The molecule has 6 rings (SSSR count). The van der Waals surface area contributed by atoms with Crippen molar-refractivity contribution < 1.29 is 28.0 Å². The number of nitrogens with one attached hydrogen (secondary N) is 1. The molecule has 0 aliphatic carbocycles. The highest BCUT2D eigenvalue weighted by Crippen LogP contribution is 2.35. The van der Waals surface area contributed by atoms with Crippen molar-refractivity contribution in [3.05, 3.63) is 59.6 Å². The monoisotopic (exact) mass is 517 g/mol. The summed E-state index contributed by atoms with van der Waals surface area (Å²) in [6.07, 6.45) is 4.12. The molecular weight excluding hydrogens is 497 g/mol. The van der Waals surface area contributed by atoms with Crippen LogP contribution in [0.15, 0.2) is 52.3 Å². The van der Waals surface area contributed by atoms with E-state index in [1.54, 1.807) is 23.1 Å². The summed E-state index contributed by atoms with van der Waals surface area (Å²) in [7, 11) is 0. The standard InChI is InChI=1S/C25H20FN7O5/c26-19-13(21-27-9-3-10-28-21)4-1-5-14(19)23-31-30-18(38-23)12-32-11-2-6-15-20(32)25(37)33(24(15)36)16-7-8-17(34)29-22(16)35/h1,3-5,9-10,16H,2,6-8,11-12H2,(H,29,34,35). The van der Waals surface area contributed by atoms with Crippen molar-refractivity contribution in [3.8, 4) is 22.8 Å². The third-order valence-electron chi connectivity index (χ3n) is 6.71. The number of halogens is 1. The van der Waals surface area contributed by atoms with Crippen molar-refractivity contribution in [3.63, 3.8) is 0 Å². The highest BCUT2D eigenvalue weighted by Gasteiger charge is 2.48. The van der Waals surface area contributed by atoms with Gasteiger partial charge in [0.2, 0.25) is 17.7 Å². The van der Waals surface area contributed by atoms with Gasteiger partial charge >= 0.3 is 0 Å². The van der Waals surface area contributed by atoms with E-state index >= 15 is 4.39 Å². The number of piperidine rings is 1. The van der Waals surface area contributed by atoms with Crippen LogP contribution in [0.3, 0.4) is 0 Å². The van der Waals surface area contributed by atoms with Crippen LogP contribution in [0, 0.1) is 5.82 Å². The van der Waals surface area contributed by atoms with Gasteiger partial charge < -0.3 is 9.32 Å². The van der Waals surface area contributed by atoms with E-state index in [1.807, 2.05) is 0 Å². The van der Waals surface area contributed by atoms with Crippen molar-refractivity contribution in [2.75, 3.05) is 6.54 Å². The number of carbonyl (C=O) groups excluding carboxylic acids is 4. The average molecular weight is 517 g/mol. The first-order chi connectivity index (χ1) is 18.4. The molecule has 0 spiro atoms. The van der Waals surface area contributed by atoms with Crippen LogP contribution in [-0.2, 0) is 25.7 Å². The van der Waals surface area contributed by atoms with Crippen LogP contribution in [-0.4, -0.2) is 66.2 Å². The lowest BCUT2D eigenvalue weighted by Crippen LogP contribution is -2.55. The van der Waals surface area contributed by atoms with Crippen LogP contribution in [0.1, 0.15) is 31.6 Å². The van der Waals surface area contributed by atoms with Crippen LogP contribution < -0.4 is 5.32 Å². The Morgan fingerprint density at radius 3 is 2.58 bits per heavy atom. The minimum atomic E-state index is -1.04. The molecule has 13 heteroatoms. The van der Waals surface area contributed by atoms with Crippen LogP contribution in [0.25, 0.3) is 22.8 Å². The molecule has 3 aliphatic rings. The highest BCUT2D eigenvalue weighted by molar-refractivity contribution is 6.21. The van der Waals surface area contributed by atoms with E-state index in [-0.39, 0.29) is 53.8 Å². The third-order valence-corrected chi connectivity index (χ3v) is 6.71. The number of hydrogen-bond acceptors (Lipinski definition) is 10. The van der Waals surface area contributed by atoms with E-state index in [0.717, 1.165) is 4.90 Å². The second-order valence-corrected chi connectivity index (χ2v) is 9.04. The molecule has 12 nitrogen and oxygen atoms in total. The summed E-state index contributed by atoms with van der Waals surface area (Å²) in [6.45, 7) is 0.450. The first kappa shape index (κ1) is 23.6. The maximum absolute atomic E-state index is 15.3. The lowest BCUT2D eigenvalue weighted by atomic mass is 10.0. The first-order valence-electron chi connectivity index (χ1n) is 12.0. The topological polar surface area (TPSA) is 151 Å². The molecular formula is C25H20FN7O5. The Morgan fingerprint density at radius 2 is 1.79 bits per heavy atom. The summed E-state index contributed by atoms with van der Waals surface area (Å²) >= 11 is 0. The Hall–Kier alpha value is -4.81. The molecule has 1 atom stereocenters. The van der Waals surface area contributed by atoms with Crippen molar-refractivity contribution >= 4 is 23.6 Å². The quantitative estimate of drug-likeness (QED) is 0.491. The molecule has 5 heterocycles. The summed E-state index contributed by atoms with van der Waals surface area (Å²) in [5, 5.41) is 10.2. The Kier molecular flexibility index (Phi) is 5.74. The number of hydrogen-bond donors (Lipinski definition) is 1. The summed E-state index contributed by atoms with van der Waals surface area (Å²) in [6, 6.07) is 5.26. The van der Waals surface area contributed by atoms with Crippen LogP contribution in [0.5, 0.6) is 0 Å². The van der Waals surface area contributed by atoms with Gasteiger partial charge in [0, 0.05) is 30.9 Å². The van der Waals surface area contributed by atoms with Crippen molar-refractivity contribution in [2.24, 2.45) is 0 Å². The molecule has 3 aromatic rings. The lowest BCUT2D eigenvalue weighted by molar-refractivity contribution is -0.150. The highest BCUT2D eigenvalue weighted by atomic mass is 19.1. The fraction of sp³-hybridized carbons (Fsp3) is 0.280. The van der Waals surface area contributed by atoms with Crippen molar-refractivity contribution in [1.82, 2.24) is 35.3 Å². The third kappa shape index (κ3) is 3.92. The van der Waals surface area contributed by atoms with Gasteiger partial charge in [0.05, 0.1) is 17.7 Å². The van der Waals surface area contributed by atoms with Crippen LogP contribution in [0.4, 0.5) is 4.39 Å². The van der Waals surface area contributed by atoms with Gasteiger partial charge in [-0.3, -0.25) is 29.4 Å². The summed E-state index contributed by atoms with van der Waals surface area (Å²) in [5.41, 5.74) is 0.744. The number of aromatic nitrogens is 4. The number of rotatable bonds is 5. The summed E-state index contributed by atoms with van der Waals surface area (Å²) in [5.74, 6) is -2.57. The van der Waals surface area contributed by atoms with Gasteiger partial charge in [0.1, 0.15) is 17.6 Å². The number of nitrogens with zero attached hydrogens (tertiary/aromatic N) is 6. The van der Waals surface area contributed by atoms with Crippen LogP contribution in [0.2, 0.25) is 0 Å². The second-order valence-electron chi connectivity index (χ2n) is 9.04. The Morgan fingerprint density at radius 1 is 1.00 bits per heavy atom. The Bertz CT molecular complexity index is 1520. The van der Waals surface area contributed by atoms with Gasteiger partial charge in [-0.05, 0) is 37.5 Å². The van der Waals surface area contributed by atoms with E-state index in [9.17, 15) is 19.2 Å². The molecule has 1 N–H and O–H groups in total. The fourth-order valence-corrected chi connectivity index (χ4v) is 4.96. The maximum Gasteiger partial charge on any atom is 0.278 e. The zero-order valence-electron chi connectivity index (χ0n) is 19.9. The zero-order chi connectivity index (χ0) is 26.4.